The highest BCUT2D eigenvalue weighted by Crippen LogP contribution is 2.32. The molecule has 0 unspecified atom stereocenters. The molecule has 3 aliphatic rings. The smallest absolute Gasteiger partial charge is 0.237 e. The summed E-state index contributed by atoms with van der Waals surface area (Å²) in [5, 5.41) is 0. The maximum absolute atomic E-state index is 12.9. The van der Waals surface area contributed by atoms with Crippen molar-refractivity contribution in [2.24, 2.45) is 0 Å². The quantitative estimate of drug-likeness (QED) is 0.806. The Morgan fingerprint density at radius 2 is 2.00 bits per heavy atom. The van der Waals surface area contributed by atoms with Crippen LogP contribution in [0.5, 0.6) is 0 Å². The van der Waals surface area contributed by atoms with Crippen LogP contribution in [-0.4, -0.2) is 63.4 Å². The highest BCUT2D eigenvalue weighted by molar-refractivity contribution is 5.79. The number of fused-ring (bicyclic) bond motifs is 1. The molecule has 0 radical (unpaired) electrons. The fraction of sp³-hybridized carbons (Fsp3) is 0.524. The molecule has 0 saturated carbocycles. The lowest BCUT2D eigenvalue weighted by molar-refractivity contribution is -0.134. The fourth-order valence-corrected chi connectivity index (χ4v) is 4.35. The van der Waals surface area contributed by atoms with E-state index in [1.54, 1.807) is 0 Å². The van der Waals surface area contributed by atoms with E-state index in [2.05, 4.69) is 36.9 Å². The average Bonchev–Trinajstić information content (AvgIpc) is 3.00. The fourth-order valence-electron chi connectivity index (χ4n) is 4.35. The molecule has 5 heterocycles. The first-order chi connectivity index (χ1) is 13.6. The number of nitrogens with zero attached hydrogens (tertiary/aromatic N) is 6. The number of hydrogen-bond donors (Lipinski definition) is 0. The lowest BCUT2D eigenvalue weighted by Gasteiger charge is -2.39. The summed E-state index contributed by atoms with van der Waals surface area (Å²) in [4.78, 5) is 32.9. The minimum Gasteiger partial charge on any atom is -0.356 e. The van der Waals surface area contributed by atoms with Gasteiger partial charge in [0.1, 0.15) is 11.6 Å². The zero-order valence-electron chi connectivity index (χ0n) is 16.6. The van der Waals surface area contributed by atoms with Gasteiger partial charge in [-0.25, -0.2) is 9.97 Å². The zero-order valence-corrected chi connectivity index (χ0v) is 16.6. The molecular formula is C21H26N6O. The number of amides is 1. The van der Waals surface area contributed by atoms with Crippen LogP contribution < -0.4 is 4.90 Å². The number of likely N-dealkylation sites (tertiary alicyclic amines) is 1. The van der Waals surface area contributed by atoms with Gasteiger partial charge in [0.2, 0.25) is 5.91 Å². The topological polar surface area (TPSA) is 65.5 Å². The summed E-state index contributed by atoms with van der Waals surface area (Å²) in [6, 6.07) is 4.24. The van der Waals surface area contributed by atoms with E-state index in [9.17, 15) is 4.79 Å². The van der Waals surface area contributed by atoms with E-state index >= 15 is 0 Å². The highest BCUT2D eigenvalue weighted by Gasteiger charge is 2.34. The van der Waals surface area contributed by atoms with Crippen LogP contribution in [0.1, 0.15) is 40.7 Å². The van der Waals surface area contributed by atoms with E-state index < -0.39 is 0 Å². The van der Waals surface area contributed by atoms with Gasteiger partial charge in [0, 0.05) is 49.6 Å². The number of aryl methyl sites for hydroxylation is 2. The van der Waals surface area contributed by atoms with Crippen LogP contribution >= 0.6 is 0 Å². The minimum atomic E-state index is 0.189. The van der Waals surface area contributed by atoms with E-state index in [1.807, 2.05) is 24.9 Å². The Morgan fingerprint density at radius 3 is 2.71 bits per heavy atom. The molecule has 1 amide bonds. The molecule has 2 aromatic rings. The average molecular weight is 378 g/mol. The van der Waals surface area contributed by atoms with Crippen molar-refractivity contribution in [2.75, 3.05) is 37.6 Å². The van der Waals surface area contributed by atoms with E-state index in [0.29, 0.717) is 25.6 Å². The summed E-state index contributed by atoms with van der Waals surface area (Å²) in [6.45, 7) is 9.69. The van der Waals surface area contributed by atoms with Gasteiger partial charge in [-0.3, -0.25) is 14.7 Å². The Balaban J connectivity index is 1.20. The van der Waals surface area contributed by atoms with Crippen molar-refractivity contribution in [2.45, 2.75) is 39.3 Å². The van der Waals surface area contributed by atoms with Gasteiger partial charge in [0.15, 0.2) is 0 Å². The molecule has 0 bridgehead atoms. The van der Waals surface area contributed by atoms with Gasteiger partial charge in [-0.2, -0.15) is 0 Å². The maximum Gasteiger partial charge on any atom is 0.237 e. The molecule has 3 aliphatic heterocycles. The van der Waals surface area contributed by atoms with E-state index in [1.165, 1.54) is 12.0 Å². The van der Waals surface area contributed by atoms with E-state index in [0.717, 1.165) is 54.8 Å². The molecule has 2 aromatic heterocycles. The second-order valence-corrected chi connectivity index (χ2v) is 8.23. The third kappa shape index (κ3) is 3.13. The molecule has 0 aromatic carbocycles. The molecule has 146 valence electrons. The van der Waals surface area contributed by atoms with Crippen LogP contribution in [0.15, 0.2) is 18.3 Å². The van der Waals surface area contributed by atoms with Gasteiger partial charge >= 0.3 is 0 Å². The van der Waals surface area contributed by atoms with Gasteiger partial charge in [-0.15, -0.1) is 0 Å². The largest absolute Gasteiger partial charge is 0.356 e. The van der Waals surface area contributed by atoms with E-state index in [4.69, 9.17) is 0 Å². The van der Waals surface area contributed by atoms with Crippen molar-refractivity contribution in [1.82, 2.24) is 24.8 Å². The predicted octanol–water partition coefficient (Wildman–Crippen LogP) is 1.64. The first kappa shape index (κ1) is 17.6. The summed E-state index contributed by atoms with van der Waals surface area (Å²) >= 11 is 0. The van der Waals surface area contributed by atoms with Gasteiger partial charge in [-0.05, 0) is 38.0 Å². The number of carbonyl (C=O) groups excluding carboxylic acids is 1. The van der Waals surface area contributed by atoms with Gasteiger partial charge in [0.25, 0.3) is 0 Å². The van der Waals surface area contributed by atoms with Crippen LogP contribution in [-0.2, 0) is 17.9 Å². The molecular weight excluding hydrogens is 352 g/mol. The van der Waals surface area contributed by atoms with Crippen LogP contribution in [0.25, 0.3) is 0 Å². The number of carbonyl (C=O) groups is 1. The minimum absolute atomic E-state index is 0.189. The molecule has 0 atom stereocenters. The number of rotatable bonds is 4. The van der Waals surface area contributed by atoms with E-state index in [-0.39, 0.29) is 5.91 Å². The number of anilines is 1. The standard InChI is InChI=1S/C21H26N6O/c1-14-8-16(4-5-22-14)17-9-25(10-17)13-20(28)27-11-18-19(12-27)23-15(2)24-21(18)26-6-3-7-26/h4-5,8,17H,3,6-7,9-13H2,1-2H3. The highest BCUT2D eigenvalue weighted by atomic mass is 16.2. The normalized spacial score (nSPS) is 19.4. The van der Waals surface area contributed by atoms with Gasteiger partial charge in [-0.1, -0.05) is 0 Å². The number of pyridine rings is 1. The van der Waals surface area contributed by atoms with Crippen molar-refractivity contribution < 1.29 is 4.79 Å². The zero-order chi connectivity index (χ0) is 19.3. The van der Waals surface area contributed by atoms with Crippen LogP contribution in [0.4, 0.5) is 5.82 Å². The Morgan fingerprint density at radius 1 is 1.18 bits per heavy atom. The Hall–Kier alpha value is -2.54. The third-order valence-corrected chi connectivity index (χ3v) is 6.09. The summed E-state index contributed by atoms with van der Waals surface area (Å²) < 4.78 is 0. The molecule has 7 nitrogen and oxygen atoms in total. The SMILES string of the molecule is Cc1cc(C2CN(CC(=O)N3Cc4nc(C)nc(N5CCC5)c4C3)C2)ccn1. The lowest BCUT2D eigenvalue weighted by Crippen LogP contribution is -2.49. The molecule has 5 rings (SSSR count). The summed E-state index contributed by atoms with van der Waals surface area (Å²) in [6.07, 6.45) is 3.09. The Bertz CT molecular complexity index is 919. The molecule has 0 aliphatic carbocycles. The number of aromatic nitrogens is 3. The molecule has 2 fully saturated rings. The van der Waals surface area contributed by atoms with Gasteiger partial charge < -0.3 is 9.80 Å². The van der Waals surface area contributed by atoms with Gasteiger partial charge in [0.05, 0.1) is 25.3 Å². The van der Waals surface area contributed by atoms with Crippen LogP contribution in [0.3, 0.4) is 0 Å². The second kappa shape index (κ2) is 6.81. The maximum atomic E-state index is 12.9. The van der Waals surface area contributed by atoms with Crippen LogP contribution in [0.2, 0.25) is 0 Å². The Kier molecular flexibility index (Phi) is 4.27. The molecule has 0 spiro atoms. The molecule has 7 heteroatoms. The second-order valence-electron chi connectivity index (χ2n) is 8.23. The monoisotopic (exact) mass is 378 g/mol. The summed E-state index contributed by atoms with van der Waals surface area (Å²) in [7, 11) is 0. The summed E-state index contributed by atoms with van der Waals surface area (Å²) in [5.74, 6) is 2.54. The van der Waals surface area contributed by atoms with Crippen molar-refractivity contribution in [3.8, 4) is 0 Å². The van der Waals surface area contributed by atoms with Crippen molar-refractivity contribution >= 4 is 11.7 Å². The number of hydrogen-bond acceptors (Lipinski definition) is 6. The molecule has 28 heavy (non-hydrogen) atoms. The van der Waals surface area contributed by atoms with Crippen molar-refractivity contribution in [3.63, 3.8) is 0 Å². The van der Waals surface area contributed by atoms with Crippen molar-refractivity contribution in [3.05, 3.63) is 46.7 Å². The molecule has 2 saturated heterocycles. The lowest BCUT2D eigenvalue weighted by atomic mass is 9.92. The Labute approximate surface area is 165 Å². The molecule has 0 N–H and O–H groups in total. The third-order valence-electron chi connectivity index (χ3n) is 6.09. The predicted molar refractivity (Wildman–Crippen MR) is 106 cm³/mol. The van der Waals surface area contributed by atoms with Crippen LogP contribution in [0, 0.1) is 13.8 Å². The first-order valence-electron chi connectivity index (χ1n) is 10.1. The summed E-state index contributed by atoms with van der Waals surface area (Å²) in [5.41, 5.74) is 4.55. The first-order valence-corrected chi connectivity index (χ1v) is 10.1. The van der Waals surface area contributed by atoms with Crippen molar-refractivity contribution in [1.29, 1.82) is 0 Å².